The van der Waals surface area contributed by atoms with Gasteiger partial charge in [0.2, 0.25) is 0 Å². The zero-order valence-corrected chi connectivity index (χ0v) is 13.6. The molecule has 2 aromatic carbocycles. The molecule has 0 fully saturated rings. The van der Waals surface area contributed by atoms with E-state index in [1.807, 2.05) is 0 Å². The number of carbonyl (C=O) groups excluding carboxylic acids is 3. The number of amides is 2. The molecule has 2 aromatic rings. The van der Waals surface area contributed by atoms with E-state index in [4.69, 9.17) is 11.6 Å². The van der Waals surface area contributed by atoms with Crippen molar-refractivity contribution in [3.8, 4) is 0 Å². The third-order valence-electron chi connectivity index (χ3n) is 3.13. The van der Waals surface area contributed by atoms with Gasteiger partial charge in [-0.15, -0.1) is 0 Å². The van der Waals surface area contributed by atoms with E-state index in [9.17, 15) is 14.4 Å². The van der Waals surface area contributed by atoms with Crippen molar-refractivity contribution in [1.82, 2.24) is 5.32 Å². The number of carbonyl (C=O) groups is 3. The van der Waals surface area contributed by atoms with Gasteiger partial charge in [-0.1, -0.05) is 11.6 Å². The molecule has 24 heavy (non-hydrogen) atoms. The molecule has 7 heteroatoms. The quantitative estimate of drug-likeness (QED) is 0.815. The lowest BCUT2D eigenvalue weighted by Gasteiger charge is -2.07. The average molecular weight is 347 g/mol. The van der Waals surface area contributed by atoms with E-state index in [0.29, 0.717) is 21.8 Å². The van der Waals surface area contributed by atoms with Gasteiger partial charge in [0.05, 0.1) is 7.11 Å². The van der Waals surface area contributed by atoms with Crippen LogP contribution in [-0.2, 0) is 9.53 Å². The maximum absolute atomic E-state index is 12.1. The van der Waals surface area contributed by atoms with Crippen LogP contribution in [0.4, 0.5) is 5.69 Å². The molecule has 6 nitrogen and oxygen atoms in total. The molecule has 0 bridgehead atoms. The standard InChI is InChI=1S/C17H15ClN2O4/c1-24-15(21)10-19-16(22)11-4-8-14(9-5-11)20-17(23)12-2-6-13(18)7-3-12/h2-9H,10H2,1H3,(H,19,22)(H,20,23). The summed E-state index contributed by atoms with van der Waals surface area (Å²) in [5.41, 5.74) is 1.38. The molecule has 0 aliphatic rings. The molecule has 0 saturated heterocycles. The van der Waals surface area contributed by atoms with Gasteiger partial charge in [0.25, 0.3) is 11.8 Å². The Bertz CT molecular complexity index is 742. The maximum Gasteiger partial charge on any atom is 0.325 e. The predicted molar refractivity (Wildman–Crippen MR) is 90.2 cm³/mol. The van der Waals surface area contributed by atoms with Gasteiger partial charge in [-0.25, -0.2) is 0 Å². The number of hydrogen-bond donors (Lipinski definition) is 2. The minimum absolute atomic E-state index is 0.204. The Morgan fingerprint density at radius 1 is 0.917 bits per heavy atom. The number of hydrogen-bond acceptors (Lipinski definition) is 4. The molecule has 0 saturated carbocycles. The molecule has 2 rings (SSSR count). The number of methoxy groups -OCH3 is 1. The Hall–Kier alpha value is -2.86. The molecule has 2 N–H and O–H groups in total. The van der Waals surface area contributed by atoms with Crippen LogP contribution in [0, 0.1) is 0 Å². The van der Waals surface area contributed by atoms with E-state index in [-0.39, 0.29) is 12.5 Å². The largest absolute Gasteiger partial charge is 0.468 e. The molecule has 0 spiro atoms. The third-order valence-corrected chi connectivity index (χ3v) is 3.38. The molecule has 0 atom stereocenters. The van der Waals surface area contributed by atoms with Crippen LogP contribution in [0.2, 0.25) is 5.02 Å². The summed E-state index contributed by atoms with van der Waals surface area (Å²) in [5, 5.41) is 5.69. The van der Waals surface area contributed by atoms with Crippen LogP contribution in [-0.4, -0.2) is 31.4 Å². The highest BCUT2D eigenvalue weighted by Gasteiger charge is 2.09. The van der Waals surface area contributed by atoms with Gasteiger partial charge in [0.15, 0.2) is 0 Å². The van der Waals surface area contributed by atoms with Gasteiger partial charge in [-0.2, -0.15) is 0 Å². The van der Waals surface area contributed by atoms with Gasteiger partial charge < -0.3 is 15.4 Å². The smallest absolute Gasteiger partial charge is 0.325 e. The molecule has 0 heterocycles. The third kappa shape index (κ3) is 4.82. The highest BCUT2D eigenvalue weighted by molar-refractivity contribution is 6.30. The molecule has 0 unspecified atom stereocenters. The summed E-state index contributed by atoms with van der Waals surface area (Å²) < 4.78 is 4.44. The second-order valence-electron chi connectivity index (χ2n) is 4.80. The van der Waals surface area contributed by atoms with Gasteiger partial charge in [-0.3, -0.25) is 14.4 Å². The monoisotopic (exact) mass is 346 g/mol. The fraction of sp³-hybridized carbons (Fsp3) is 0.118. The average Bonchev–Trinajstić information content (AvgIpc) is 2.60. The van der Waals surface area contributed by atoms with Crippen LogP contribution < -0.4 is 10.6 Å². The van der Waals surface area contributed by atoms with Crippen LogP contribution in [0.25, 0.3) is 0 Å². The van der Waals surface area contributed by atoms with E-state index >= 15 is 0 Å². The molecule has 2 amide bonds. The Kier molecular flexibility index (Phi) is 5.92. The van der Waals surface area contributed by atoms with Gasteiger partial charge in [0.1, 0.15) is 6.54 Å². The van der Waals surface area contributed by atoms with E-state index < -0.39 is 11.9 Å². The molecule has 0 aromatic heterocycles. The van der Waals surface area contributed by atoms with Crippen molar-refractivity contribution in [2.45, 2.75) is 0 Å². The summed E-state index contributed by atoms with van der Waals surface area (Å²) in [5.74, 6) is -1.22. The van der Waals surface area contributed by atoms with Crippen LogP contribution in [0.1, 0.15) is 20.7 Å². The number of nitrogens with one attached hydrogen (secondary N) is 2. The molecule has 0 aliphatic heterocycles. The molecular weight excluding hydrogens is 332 g/mol. The van der Waals surface area contributed by atoms with Crippen molar-refractivity contribution >= 4 is 35.1 Å². The van der Waals surface area contributed by atoms with Crippen LogP contribution >= 0.6 is 11.6 Å². The fourth-order valence-electron chi connectivity index (χ4n) is 1.84. The number of halogens is 1. The van der Waals surface area contributed by atoms with Crippen molar-refractivity contribution in [2.75, 3.05) is 19.0 Å². The Labute approximate surface area is 143 Å². The first-order valence-corrected chi connectivity index (χ1v) is 7.39. The van der Waals surface area contributed by atoms with Crippen molar-refractivity contribution < 1.29 is 19.1 Å². The van der Waals surface area contributed by atoms with Gasteiger partial charge >= 0.3 is 5.97 Å². The zero-order chi connectivity index (χ0) is 17.5. The predicted octanol–water partition coefficient (Wildman–Crippen LogP) is 2.50. The maximum atomic E-state index is 12.1. The van der Waals surface area contributed by atoms with E-state index in [0.717, 1.165) is 0 Å². The highest BCUT2D eigenvalue weighted by atomic mass is 35.5. The zero-order valence-electron chi connectivity index (χ0n) is 12.8. The summed E-state index contributed by atoms with van der Waals surface area (Å²) in [7, 11) is 1.24. The summed E-state index contributed by atoms with van der Waals surface area (Å²) in [6, 6.07) is 12.8. The highest BCUT2D eigenvalue weighted by Crippen LogP contribution is 2.13. The van der Waals surface area contributed by atoms with Crippen molar-refractivity contribution in [1.29, 1.82) is 0 Å². The van der Waals surface area contributed by atoms with Crippen LogP contribution in [0.3, 0.4) is 0 Å². The van der Waals surface area contributed by atoms with Crippen molar-refractivity contribution in [2.24, 2.45) is 0 Å². The van der Waals surface area contributed by atoms with Crippen LogP contribution in [0.5, 0.6) is 0 Å². The first-order chi connectivity index (χ1) is 11.5. The molecule has 0 aliphatic carbocycles. The fourth-order valence-corrected chi connectivity index (χ4v) is 1.96. The lowest BCUT2D eigenvalue weighted by molar-refractivity contribution is -0.139. The van der Waals surface area contributed by atoms with E-state index in [1.165, 1.54) is 7.11 Å². The second-order valence-corrected chi connectivity index (χ2v) is 5.23. The molecule has 124 valence electrons. The topological polar surface area (TPSA) is 84.5 Å². The minimum atomic E-state index is -0.532. The van der Waals surface area contributed by atoms with Gasteiger partial charge in [0, 0.05) is 21.8 Å². The number of ether oxygens (including phenoxy) is 1. The van der Waals surface area contributed by atoms with Crippen LogP contribution in [0.15, 0.2) is 48.5 Å². The summed E-state index contributed by atoms with van der Waals surface area (Å²) in [6.45, 7) is -0.204. The molecule has 0 radical (unpaired) electrons. The van der Waals surface area contributed by atoms with Crippen molar-refractivity contribution in [3.05, 3.63) is 64.7 Å². The Balaban J connectivity index is 1.96. The first kappa shape index (κ1) is 17.5. The number of rotatable bonds is 5. The Morgan fingerprint density at radius 2 is 1.46 bits per heavy atom. The lowest BCUT2D eigenvalue weighted by Crippen LogP contribution is -2.30. The Morgan fingerprint density at radius 3 is 2.04 bits per heavy atom. The number of esters is 1. The molecular formula is C17H15ClN2O4. The minimum Gasteiger partial charge on any atom is -0.468 e. The number of anilines is 1. The summed E-state index contributed by atoms with van der Waals surface area (Å²) in [6.07, 6.45) is 0. The summed E-state index contributed by atoms with van der Waals surface area (Å²) in [4.78, 5) is 34.9. The first-order valence-electron chi connectivity index (χ1n) is 7.01. The van der Waals surface area contributed by atoms with E-state index in [1.54, 1.807) is 48.5 Å². The SMILES string of the molecule is COC(=O)CNC(=O)c1ccc(NC(=O)c2ccc(Cl)cc2)cc1. The van der Waals surface area contributed by atoms with E-state index in [2.05, 4.69) is 15.4 Å². The van der Waals surface area contributed by atoms with Crippen molar-refractivity contribution in [3.63, 3.8) is 0 Å². The van der Waals surface area contributed by atoms with Gasteiger partial charge in [-0.05, 0) is 48.5 Å². The summed E-state index contributed by atoms with van der Waals surface area (Å²) >= 11 is 5.78. The second kappa shape index (κ2) is 8.12. The normalized spacial score (nSPS) is 9.92. The number of benzene rings is 2. The lowest BCUT2D eigenvalue weighted by atomic mass is 10.1.